The van der Waals surface area contributed by atoms with E-state index < -0.39 is 0 Å². The number of halogens is 1. The molecule has 0 saturated heterocycles. The minimum atomic E-state index is -0.126. The molecule has 0 fully saturated rings. The van der Waals surface area contributed by atoms with Crippen LogP contribution < -0.4 is 5.32 Å². The summed E-state index contributed by atoms with van der Waals surface area (Å²) in [6.45, 7) is 5.57. The van der Waals surface area contributed by atoms with Crippen molar-refractivity contribution in [2.24, 2.45) is 0 Å². The monoisotopic (exact) mass is 207 g/mol. The van der Waals surface area contributed by atoms with Gasteiger partial charge < -0.3 is 5.32 Å². The van der Waals surface area contributed by atoms with E-state index in [0.29, 0.717) is 0 Å². The molecule has 0 saturated carbocycles. The van der Waals surface area contributed by atoms with Crippen molar-refractivity contribution in [1.82, 2.24) is 5.32 Å². The zero-order valence-electron chi connectivity index (χ0n) is 9.39. The third kappa shape index (κ3) is 3.17. The molecular weight excluding hydrogens is 189 g/mol. The molecule has 1 aromatic carbocycles. The minimum absolute atomic E-state index is 0.0728. The van der Waals surface area contributed by atoms with Crippen LogP contribution in [0, 0.1) is 12.7 Å². The van der Waals surface area contributed by atoms with Crippen molar-refractivity contribution in [3.63, 3.8) is 0 Å². The van der Waals surface area contributed by atoms with Crippen LogP contribution in [0.15, 0.2) is 30.9 Å². The lowest BCUT2D eigenvalue weighted by molar-refractivity contribution is 0.512. The molecule has 0 radical (unpaired) electrons. The summed E-state index contributed by atoms with van der Waals surface area (Å²) < 4.78 is 13.6. The van der Waals surface area contributed by atoms with E-state index in [-0.39, 0.29) is 11.9 Å². The van der Waals surface area contributed by atoms with Crippen LogP contribution in [0.4, 0.5) is 4.39 Å². The van der Waals surface area contributed by atoms with Crippen molar-refractivity contribution in [3.05, 3.63) is 47.8 Å². The maximum absolute atomic E-state index is 13.6. The van der Waals surface area contributed by atoms with Gasteiger partial charge in [-0.15, -0.1) is 6.58 Å². The lowest BCUT2D eigenvalue weighted by Gasteiger charge is -2.16. The van der Waals surface area contributed by atoms with Gasteiger partial charge in [0.15, 0.2) is 0 Å². The lowest BCUT2D eigenvalue weighted by atomic mass is 10.0. The second-order valence-electron chi connectivity index (χ2n) is 3.73. The molecule has 1 N–H and O–H groups in total. The minimum Gasteiger partial charge on any atom is -0.313 e. The highest BCUT2D eigenvalue weighted by Gasteiger charge is 2.12. The second kappa shape index (κ2) is 5.66. The van der Waals surface area contributed by atoms with Gasteiger partial charge in [0.05, 0.1) is 0 Å². The largest absolute Gasteiger partial charge is 0.313 e. The van der Waals surface area contributed by atoms with E-state index in [4.69, 9.17) is 0 Å². The average molecular weight is 207 g/mol. The Morgan fingerprint density at radius 3 is 2.80 bits per heavy atom. The van der Waals surface area contributed by atoms with Crippen molar-refractivity contribution in [3.8, 4) is 0 Å². The first-order chi connectivity index (χ1) is 7.19. The fraction of sp³-hybridized carbons (Fsp3) is 0.385. The fourth-order valence-corrected chi connectivity index (χ4v) is 1.65. The topological polar surface area (TPSA) is 12.0 Å². The summed E-state index contributed by atoms with van der Waals surface area (Å²) in [5.41, 5.74) is 1.69. The van der Waals surface area contributed by atoms with Gasteiger partial charge in [-0.05, 0) is 38.4 Å². The molecule has 0 aliphatic carbocycles. The Labute approximate surface area is 91.0 Å². The zero-order chi connectivity index (χ0) is 11.3. The number of aryl methyl sites for hydroxylation is 1. The Bertz CT molecular complexity index is 333. The molecular formula is C13H18FN. The summed E-state index contributed by atoms with van der Waals surface area (Å²) >= 11 is 0. The van der Waals surface area contributed by atoms with E-state index in [1.807, 2.05) is 32.2 Å². The zero-order valence-corrected chi connectivity index (χ0v) is 9.39. The highest BCUT2D eigenvalue weighted by Crippen LogP contribution is 2.22. The van der Waals surface area contributed by atoms with Crippen molar-refractivity contribution in [1.29, 1.82) is 0 Å². The maximum atomic E-state index is 13.6. The number of rotatable bonds is 5. The van der Waals surface area contributed by atoms with Crippen LogP contribution in [0.2, 0.25) is 0 Å². The van der Waals surface area contributed by atoms with Gasteiger partial charge in [0.2, 0.25) is 0 Å². The van der Waals surface area contributed by atoms with Crippen LogP contribution in [0.1, 0.15) is 30.0 Å². The van der Waals surface area contributed by atoms with Crippen LogP contribution >= 0.6 is 0 Å². The van der Waals surface area contributed by atoms with Gasteiger partial charge in [-0.2, -0.15) is 0 Å². The first kappa shape index (κ1) is 11.9. The quantitative estimate of drug-likeness (QED) is 0.730. The van der Waals surface area contributed by atoms with Crippen molar-refractivity contribution < 1.29 is 4.39 Å². The summed E-state index contributed by atoms with van der Waals surface area (Å²) in [5, 5.41) is 3.13. The highest BCUT2D eigenvalue weighted by molar-refractivity contribution is 5.26. The molecule has 0 bridgehead atoms. The Morgan fingerprint density at radius 1 is 1.53 bits per heavy atom. The molecule has 0 spiro atoms. The van der Waals surface area contributed by atoms with Crippen LogP contribution in [-0.2, 0) is 0 Å². The normalized spacial score (nSPS) is 12.5. The van der Waals surface area contributed by atoms with Gasteiger partial charge in [-0.25, -0.2) is 4.39 Å². The first-order valence-electron chi connectivity index (χ1n) is 5.23. The van der Waals surface area contributed by atoms with Gasteiger partial charge in [0.1, 0.15) is 5.82 Å². The third-order valence-electron chi connectivity index (χ3n) is 2.54. The second-order valence-corrected chi connectivity index (χ2v) is 3.73. The molecule has 1 nitrogen and oxygen atoms in total. The molecule has 0 aromatic heterocycles. The van der Waals surface area contributed by atoms with E-state index in [2.05, 4.69) is 11.9 Å². The Morgan fingerprint density at radius 2 is 2.27 bits per heavy atom. The first-order valence-corrected chi connectivity index (χ1v) is 5.23. The van der Waals surface area contributed by atoms with Crippen molar-refractivity contribution >= 4 is 0 Å². The molecule has 1 aromatic rings. The predicted molar refractivity (Wildman–Crippen MR) is 62.4 cm³/mol. The van der Waals surface area contributed by atoms with Gasteiger partial charge >= 0.3 is 0 Å². The molecule has 0 heterocycles. The predicted octanol–water partition coefficient (Wildman–Crippen LogP) is 3.36. The molecule has 0 aliphatic heterocycles. The molecule has 0 aliphatic rings. The molecule has 82 valence electrons. The van der Waals surface area contributed by atoms with Crippen LogP contribution in [0.3, 0.4) is 0 Å². The summed E-state index contributed by atoms with van der Waals surface area (Å²) in [7, 11) is 1.85. The summed E-state index contributed by atoms with van der Waals surface area (Å²) in [6, 6.07) is 5.45. The van der Waals surface area contributed by atoms with E-state index in [1.54, 1.807) is 6.07 Å². The molecule has 0 amide bonds. The van der Waals surface area contributed by atoms with Crippen LogP contribution in [0.5, 0.6) is 0 Å². The van der Waals surface area contributed by atoms with Crippen molar-refractivity contribution in [2.75, 3.05) is 7.05 Å². The molecule has 1 rings (SSSR count). The van der Waals surface area contributed by atoms with Gasteiger partial charge in [0, 0.05) is 11.6 Å². The Kier molecular flexibility index (Phi) is 4.50. The van der Waals surface area contributed by atoms with Crippen LogP contribution in [-0.4, -0.2) is 7.05 Å². The Balaban J connectivity index is 2.86. The summed E-state index contributed by atoms with van der Waals surface area (Å²) in [6.07, 6.45) is 3.62. The summed E-state index contributed by atoms with van der Waals surface area (Å²) in [5.74, 6) is -0.126. The number of nitrogens with one attached hydrogen (secondary N) is 1. The van der Waals surface area contributed by atoms with E-state index >= 15 is 0 Å². The van der Waals surface area contributed by atoms with Crippen LogP contribution in [0.25, 0.3) is 0 Å². The summed E-state index contributed by atoms with van der Waals surface area (Å²) in [4.78, 5) is 0. The fourth-order valence-electron chi connectivity index (χ4n) is 1.65. The standard InChI is InChI=1S/C13H18FN/c1-4-5-6-13(15-3)11-8-7-10(2)9-12(11)14/h4,7-9,13,15H,1,5-6H2,2-3H3. The average Bonchev–Trinajstić information content (AvgIpc) is 2.21. The number of hydrogen-bond acceptors (Lipinski definition) is 1. The maximum Gasteiger partial charge on any atom is 0.128 e. The van der Waals surface area contributed by atoms with Gasteiger partial charge in [-0.3, -0.25) is 0 Å². The van der Waals surface area contributed by atoms with Crippen molar-refractivity contribution in [2.45, 2.75) is 25.8 Å². The molecule has 1 unspecified atom stereocenters. The highest BCUT2D eigenvalue weighted by atomic mass is 19.1. The number of allylic oxidation sites excluding steroid dienone is 1. The smallest absolute Gasteiger partial charge is 0.128 e. The number of hydrogen-bond donors (Lipinski definition) is 1. The number of benzene rings is 1. The van der Waals surface area contributed by atoms with E-state index in [9.17, 15) is 4.39 Å². The Hall–Kier alpha value is -1.15. The molecule has 1 atom stereocenters. The SMILES string of the molecule is C=CCCC(NC)c1ccc(C)cc1F. The molecule has 2 heteroatoms. The van der Waals surface area contributed by atoms with E-state index in [0.717, 1.165) is 24.0 Å². The van der Waals surface area contributed by atoms with Gasteiger partial charge in [-0.1, -0.05) is 18.2 Å². The van der Waals surface area contributed by atoms with Gasteiger partial charge in [0.25, 0.3) is 0 Å². The van der Waals surface area contributed by atoms with E-state index in [1.165, 1.54) is 0 Å². The molecule has 15 heavy (non-hydrogen) atoms. The lowest BCUT2D eigenvalue weighted by Crippen LogP contribution is -2.17. The third-order valence-corrected chi connectivity index (χ3v) is 2.54.